The van der Waals surface area contributed by atoms with Crippen molar-refractivity contribution in [1.82, 2.24) is 10.6 Å². The summed E-state index contributed by atoms with van der Waals surface area (Å²) in [5.74, 6) is -2.23. The number of rotatable bonds is 8. The molecule has 0 bridgehead atoms. The highest BCUT2D eigenvalue weighted by atomic mass is 16.4. The van der Waals surface area contributed by atoms with E-state index in [-0.39, 0.29) is 11.8 Å². The van der Waals surface area contributed by atoms with Gasteiger partial charge in [-0.3, -0.25) is 14.4 Å². The van der Waals surface area contributed by atoms with Crippen LogP contribution in [0.25, 0.3) is 0 Å². The minimum absolute atomic E-state index is 0.166. The second-order valence-corrected chi connectivity index (χ2v) is 7.58. The fraction of sp³-hybridized carbons (Fsp3) is 0.550. The van der Waals surface area contributed by atoms with Gasteiger partial charge in [0.1, 0.15) is 6.04 Å². The van der Waals surface area contributed by atoms with Gasteiger partial charge >= 0.3 is 5.97 Å². The van der Waals surface area contributed by atoms with Crippen molar-refractivity contribution in [3.05, 3.63) is 35.9 Å². The molecule has 0 saturated heterocycles. The van der Waals surface area contributed by atoms with Crippen LogP contribution in [0.1, 0.15) is 51.5 Å². The zero-order valence-electron chi connectivity index (χ0n) is 15.9. The molecule has 0 radical (unpaired) electrons. The maximum Gasteiger partial charge on any atom is 0.305 e. The third-order valence-electron chi connectivity index (χ3n) is 5.12. The van der Waals surface area contributed by atoms with Gasteiger partial charge < -0.3 is 21.5 Å². The van der Waals surface area contributed by atoms with Crippen molar-refractivity contribution in [3.63, 3.8) is 0 Å². The van der Waals surface area contributed by atoms with Crippen molar-refractivity contribution in [2.45, 2.75) is 63.6 Å². The molecule has 7 heteroatoms. The van der Waals surface area contributed by atoms with Crippen LogP contribution >= 0.6 is 0 Å². The molecule has 1 aromatic carbocycles. The average Bonchev–Trinajstić information content (AvgIpc) is 3.08. The van der Waals surface area contributed by atoms with E-state index in [9.17, 15) is 14.4 Å². The molecule has 1 aliphatic carbocycles. The van der Waals surface area contributed by atoms with Crippen LogP contribution < -0.4 is 16.4 Å². The van der Waals surface area contributed by atoms with Crippen molar-refractivity contribution in [2.75, 3.05) is 0 Å². The quantitative estimate of drug-likeness (QED) is 0.549. The lowest BCUT2D eigenvalue weighted by atomic mass is 9.87. The van der Waals surface area contributed by atoms with E-state index in [1.807, 2.05) is 44.2 Å². The predicted octanol–water partition coefficient (Wildman–Crippen LogP) is 1.51. The Morgan fingerprint density at radius 3 is 2.22 bits per heavy atom. The fourth-order valence-electron chi connectivity index (χ4n) is 3.61. The molecule has 0 heterocycles. The van der Waals surface area contributed by atoms with Crippen molar-refractivity contribution in [3.8, 4) is 0 Å². The number of carboxylic acids is 1. The van der Waals surface area contributed by atoms with Crippen molar-refractivity contribution in [1.29, 1.82) is 0 Å². The second-order valence-electron chi connectivity index (χ2n) is 7.58. The molecule has 0 spiro atoms. The third kappa shape index (κ3) is 5.29. The Labute approximate surface area is 159 Å². The molecular formula is C20H29N3O4. The Bertz CT molecular complexity index is 669. The zero-order chi connectivity index (χ0) is 20.0. The molecular weight excluding hydrogens is 346 g/mol. The van der Waals surface area contributed by atoms with Gasteiger partial charge in [-0.2, -0.15) is 0 Å². The van der Waals surface area contributed by atoms with Gasteiger partial charge in [-0.25, -0.2) is 0 Å². The van der Waals surface area contributed by atoms with E-state index in [1.165, 1.54) is 0 Å². The van der Waals surface area contributed by atoms with E-state index in [1.54, 1.807) is 0 Å². The number of carbonyl (C=O) groups is 3. The van der Waals surface area contributed by atoms with E-state index in [0.29, 0.717) is 0 Å². The van der Waals surface area contributed by atoms with E-state index in [4.69, 9.17) is 10.8 Å². The van der Waals surface area contributed by atoms with Gasteiger partial charge in [-0.05, 0) is 24.3 Å². The van der Waals surface area contributed by atoms with E-state index >= 15 is 0 Å². The van der Waals surface area contributed by atoms with Crippen LogP contribution in [0, 0.1) is 5.92 Å². The van der Waals surface area contributed by atoms with E-state index in [2.05, 4.69) is 10.6 Å². The standard InChI is InChI=1S/C20H29N3O4/c1-13(2)17(22-18(26)15(21)12-16(24)25)19(27)23-20(10-6-7-11-20)14-8-4-3-5-9-14/h3-5,8-9,13,15,17H,6-7,10-12,21H2,1-2H3,(H,22,26)(H,23,27)(H,24,25)/t15-,17+/m0/s1. The SMILES string of the molecule is CC(C)[C@@H](NC(=O)[C@@H](N)CC(=O)O)C(=O)NC1(c2ccccc2)CCCC1. The lowest BCUT2D eigenvalue weighted by molar-refractivity contribution is -0.139. The summed E-state index contributed by atoms with van der Waals surface area (Å²) in [6.07, 6.45) is 3.26. The van der Waals surface area contributed by atoms with Gasteiger partial charge in [-0.15, -0.1) is 0 Å². The molecule has 5 N–H and O–H groups in total. The Morgan fingerprint density at radius 1 is 1.11 bits per heavy atom. The summed E-state index contributed by atoms with van der Waals surface area (Å²) in [5, 5.41) is 14.6. The summed E-state index contributed by atoms with van der Waals surface area (Å²) in [6, 6.07) is 7.90. The Morgan fingerprint density at radius 2 is 1.70 bits per heavy atom. The number of carboxylic acid groups (broad SMARTS) is 1. The summed E-state index contributed by atoms with van der Waals surface area (Å²) in [5.41, 5.74) is 6.25. The molecule has 1 aromatic rings. The topological polar surface area (TPSA) is 122 Å². The normalized spacial score (nSPS) is 17.9. The van der Waals surface area contributed by atoms with Crippen LogP contribution in [-0.4, -0.2) is 35.0 Å². The Kier molecular flexibility index (Phi) is 6.96. The van der Waals surface area contributed by atoms with Gasteiger partial charge in [0.05, 0.1) is 18.0 Å². The molecule has 1 aliphatic rings. The van der Waals surface area contributed by atoms with Crippen LogP contribution in [-0.2, 0) is 19.9 Å². The number of benzene rings is 1. The largest absolute Gasteiger partial charge is 0.481 e. The highest BCUT2D eigenvalue weighted by molar-refractivity contribution is 5.91. The molecule has 0 unspecified atom stereocenters. The molecule has 0 aliphatic heterocycles. The molecule has 2 amide bonds. The molecule has 2 rings (SSSR count). The third-order valence-corrected chi connectivity index (χ3v) is 5.12. The predicted molar refractivity (Wildman–Crippen MR) is 102 cm³/mol. The van der Waals surface area contributed by atoms with Crippen LogP contribution in [0.3, 0.4) is 0 Å². The lowest BCUT2D eigenvalue weighted by Crippen LogP contribution is -2.57. The number of aliphatic carboxylic acids is 1. The lowest BCUT2D eigenvalue weighted by Gasteiger charge is -2.34. The van der Waals surface area contributed by atoms with Gasteiger partial charge in [0, 0.05) is 0 Å². The fourth-order valence-corrected chi connectivity index (χ4v) is 3.61. The number of hydrogen-bond acceptors (Lipinski definition) is 4. The number of nitrogens with two attached hydrogens (primary N) is 1. The molecule has 7 nitrogen and oxygen atoms in total. The number of hydrogen-bond donors (Lipinski definition) is 4. The minimum Gasteiger partial charge on any atom is -0.481 e. The first kappa shape index (κ1) is 20.9. The van der Waals surface area contributed by atoms with E-state index < -0.39 is 35.9 Å². The molecule has 148 valence electrons. The molecule has 27 heavy (non-hydrogen) atoms. The van der Waals surface area contributed by atoms with Gasteiger partial charge in [0.2, 0.25) is 11.8 Å². The van der Waals surface area contributed by atoms with E-state index in [0.717, 1.165) is 31.2 Å². The van der Waals surface area contributed by atoms with Crippen LogP contribution in [0.2, 0.25) is 0 Å². The first-order chi connectivity index (χ1) is 12.7. The number of carbonyl (C=O) groups excluding carboxylic acids is 2. The maximum absolute atomic E-state index is 13.0. The summed E-state index contributed by atoms with van der Waals surface area (Å²) in [6.45, 7) is 3.66. The maximum atomic E-state index is 13.0. The van der Waals surface area contributed by atoms with Gasteiger partial charge in [0.15, 0.2) is 0 Å². The summed E-state index contributed by atoms with van der Waals surface area (Å²) in [7, 11) is 0. The summed E-state index contributed by atoms with van der Waals surface area (Å²) < 4.78 is 0. The number of amides is 2. The van der Waals surface area contributed by atoms with Crippen molar-refractivity contribution < 1.29 is 19.5 Å². The van der Waals surface area contributed by atoms with Crippen LogP contribution in [0.5, 0.6) is 0 Å². The first-order valence-corrected chi connectivity index (χ1v) is 9.40. The average molecular weight is 375 g/mol. The first-order valence-electron chi connectivity index (χ1n) is 9.40. The van der Waals surface area contributed by atoms with Gasteiger partial charge in [-0.1, -0.05) is 57.0 Å². The monoisotopic (exact) mass is 375 g/mol. The van der Waals surface area contributed by atoms with Crippen molar-refractivity contribution in [2.24, 2.45) is 11.7 Å². The number of nitrogens with one attached hydrogen (secondary N) is 2. The van der Waals surface area contributed by atoms with Crippen LogP contribution in [0.15, 0.2) is 30.3 Å². The summed E-state index contributed by atoms with van der Waals surface area (Å²) in [4.78, 5) is 36.0. The highest BCUT2D eigenvalue weighted by Gasteiger charge is 2.39. The van der Waals surface area contributed by atoms with Crippen molar-refractivity contribution >= 4 is 17.8 Å². The molecule has 1 saturated carbocycles. The van der Waals surface area contributed by atoms with Crippen LogP contribution in [0.4, 0.5) is 0 Å². The van der Waals surface area contributed by atoms with Gasteiger partial charge in [0.25, 0.3) is 0 Å². The summed E-state index contributed by atoms with van der Waals surface area (Å²) >= 11 is 0. The second kappa shape index (κ2) is 8.99. The minimum atomic E-state index is -1.19. The molecule has 1 fully saturated rings. The smallest absolute Gasteiger partial charge is 0.305 e. The Balaban J connectivity index is 2.14. The highest BCUT2D eigenvalue weighted by Crippen LogP contribution is 2.38. The molecule has 2 atom stereocenters. The Hall–Kier alpha value is -2.41. The zero-order valence-corrected chi connectivity index (χ0v) is 15.9. The molecule has 0 aromatic heterocycles.